The first-order valence-electron chi connectivity index (χ1n) is 6.73. The summed E-state index contributed by atoms with van der Waals surface area (Å²) >= 11 is 0. The number of hydrogen-bond donors (Lipinski definition) is 2. The lowest BCUT2D eigenvalue weighted by atomic mass is 9.47. The van der Waals surface area contributed by atoms with Gasteiger partial charge in [-0.2, -0.15) is 0 Å². The molecule has 2 N–H and O–H groups in total. The third kappa shape index (κ3) is 3.45. The summed E-state index contributed by atoms with van der Waals surface area (Å²) in [6.45, 7) is -3.11. The van der Waals surface area contributed by atoms with Gasteiger partial charge in [-0.15, -0.1) is 5.46 Å². The van der Waals surface area contributed by atoms with Crippen molar-refractivity contribution in [3.05, 3.63) is 65.1 Å². The molecular formula is C16H15BN2O3. The molecule has 2 aromatic rings. The van der Waals surface area contributed by atoms with Crippen LogP contribution in [0.25, 0.3) is 4.98 Å². The number of methoxy groups -OCH3 is 1. The Morgan fingerprint density at radius 2 is 1.73 bits per heavy atom. The quantitative estimate of drug-likeness (QED) is 0.505. The van der Waals surface area contributed by atoms with Crippen molar-refractivity contribution in [1.82, 2.24) is 0 Å². The fourth-order valence-corrected chi connectivity index (χ4v) is 1.99. The number of benzene rings is 2. The molecule has 0 spiro atoms. The molecule has 1 atom stereocenters. The number of nitrogens with zero attached hydrogens (tertiary/aromatic N) is 2. The molecule has 0 aliphatic heterocycles. The van der Waals surface area contributed by atoms with Gasteiger partial charge >= 0.3 is 12.5 Å². The fourth-order valence-electron chi connectivity index (χ4n) is 1.99. The molecule has 0 aliphatic rings. The average molecular weight is 294 g/mol. The van der Waals surface area contributed by atoms with Gasteiger partial charge in [-0.05, 0) is 30.2 Å². The fraction of sp³-hybridized carbons (Fsp3) is 0.125. The van der Waals surface area contributed by atoms with E-state index in [0.29, 0.717) is 11.3 Å². The Labute approximate surface area is 128 Å². The molecule has 0 amide bonds. The van der Waals surface area contributed by atoms with Crippen LogP contribution in [-0.4, -0.2) is 29.7 Å². The van der Waals surface area contributed by atoms with Crippen molar-refractivity contribution >= 4 is 12.0 Å². The lowest BCUT2D eigenvalue weighted by molar-refractivity contribution is 0.378. The first-order chi connectivity index (χ1) is 10.6. The van der Waals surface area contributed by atoms with Gasteiger partial charge in [0.15, 0.2) is 0 Å². The Morgan fingerprint density at radius 1 is 1.09 bits per heavy atom. The molecule has 110 valence electrons. The van der Waals surface area contributed by atoms with Crippen LogP contribution in [0.5, 0.6) is 5.75 Å². The van der Waals surface area contributed by atoms with E-state index in [-0.39, 0.29) is 5.46 Å². The number of rotatable bonds is 3. The maximum absolute atomic E-state index is 10.2. The summed E-state index contributed by atoms with van der Waals surface area (Å²) in [5.74, 6) is 4.71. The van der Waals surface area contributed by atoms with E-state index in [1.165, 1.54) is 0 Å². The second-order valence-electron chi connectivity index (χ2n) is 4.81. The Bertz CT molecular complexity index is 728. The summed E-state index contributed by atoms with van der Waals surface area (Å²) < 4.78 is 5.04. The van der Waals surface area contributed by atoms with Gasteiger partial charge in [0.1, 0.15) is 5.75 Å². The smallest absolute Gasteiger partial charge is 0.378 e. The normalized spacial score (nSPS) is 11.7. The molecule has 2 rings (SSSR count). The van der Waals surface area contributed by atoms with Gasteiger partial charge in [0.25, 0.3) is 0 Å². The Kier molecular flexibility index (Phi) is 4.80. The summed E-state index contributed by atoms with van der Waals surface area (Å²) in [4.78, 5) is 3.01. The molecule has 0 heterocycles. The molecule has 22 heavy (non-hydrogen) atoms. The van der Waals surface area contributed by atoms with Crippen LogP contribution in [0.15, 0.2) is 54.6 Å². The number of ether oxygens (including phenoxy) is 1. The maximum atomic E-state index is 10.2. The van der Waals surface area contributed by atoms with Gasteiger partial charge < -0.3 is 14.8 Å². The molecular weight excluding hydrogens is 279 g/mol. The molecule has 6 heteroatoms. The zero-order chi connectivity index (χ0) is 16.0. The Morgan fingerprint density at radius 3 is 2.27 bits per heavy atom. The number of hydrogen-bond acceptors (Lipinski definition) is 4. The van der Waals surface area contributed by atoms with Crippen molar-refractivity contribution in [2.45, 2.75) is 5.94 Å². The second-order valence-corrected chi connectivity index (χ2v) is 4.81. The van der Waals surface area contributed by atoms with Crippen LogP contribution in [0.2, 0.25) is 0 Å². The standard InChI is InChI=1S/C16H15BN2O3/c1-22-15-10-7-13(8-11-15)9-12-16(19-18)17(20,21)14-5-3-2-4-6-14/h2-8,10-11,16,20-21H,1H3. The van der Waals surface area contributed by atoms with Crippen LogP contribution in [0.4, 0.5) is 0 Å². The highest BCUT2D eigenvalue weighted by Crippen LogP contribution is 2.11. The molecule has 2 aromatic carbocycles. The van der Waals surface area contributed by atoms with E-state index < -0.39 is 12.5 Å². The van der Waals surface area contributed by atoms with E-state index in [1.54, 1.807) is 61.7 Å². The molecule has 0 saturated heterocycles. The minimum absolute atomic E-state index is 0.259. The minimum atomic E-state index is -3.11. The van der Waals surface area contributed by atoms with Crippen LogP contribution in [0.1, 0.15) is 5.56 Å². The summed E-state index contributed by atoms with van der Waals surface area (Å²) in [7, 11) is 1.57. The zero-order valence-electron chi connectivity index (χ0n) is 12.0. The maximum Gasteiger partial charge on any atom is 0.378 e. The molecule has 0 aromatic heterocycles. The highest BCUT2D eigenvalue weighted by Gasteiger charge is 2.41. The second kappa shape index (κ2) is 6.77. The molecule has 5 nitrogen and oxygen atoms in total. The van der Waals surface area contributed by atoms with Crippen LogP contribution in [-0.2, 0) is 0 Å². The van der Waals surface area contributed by atoms with Crippen LogP contribution < -0.4 is 10.2 Å². The summed E-state index contributed by atoms with van der Waals surface area (Å²) in [6.07, 6.45) is 0. The summed E-state index contributed by atoms with van der Waals surface area (Å²) in [5.41, 5.74) is 0.906. The molecule has 0 radical (unpaired) electrons. The molecule has 0 saturated carbocycles. The van der Waals surface area contributed by atoms with Gasteiger partial charge in [0, 0.05) is 5.56 Å². The Balaban J connectivity index is 2.26. The van der Waals surface area contributed by atoms with E-state index in [2.05, 4.69) is 16.8 Å². The lowest BCUT2D eigenvalue weighted by Crippen LogP contribution is -2.57. The SMILES string of the molecule is COc1ccc(C#CC([N+]#N)[B-](O)(O)c2ccccc2)cc1. The van der Waals surface area contributed by atoms with Crippen molar-refractivity contribution in [3.63, 3.8) is 0 Å². The third-order valence-corrected chi connectivity index (χ3v) is 3.31. The predicted octanol–water partition coefficient (Wildman–Crippen LogP) is 1.14. The van der Waals surface area contributed by atoms with E-state index in [1.807, 2.05) is 0 Å². The monoisotopic (exact) mass is 294 g/mol. The van der Waals surface area contributed by atoms with Crippen LogP contribution in [0.3, 0.4) is 0 Å². The largest absolute Gasteiger partial charge is 0.573 e. The van der Waals surface area contributed by atoms with E-state index in [4.69, 9.17) is 10.1 Å². The van der Waals surface area contributed by atoms with Gasteiger partial charge in [-0.25, -0.2) is 0 Å². The van der Waals surface area contributed by atoms with Crippen LogP contribution in [0, 0.1) is 17.2 Å². The first kappa shape index (κ1) is 15.6. The lowest BCUT2D eigenvalue weighted by Gasteiger charge is -2.23. The predicted molar refractivity (Wildman–Crippen MR) is 85.0 cm³/mol. The molecule has 0 fully saturated rings. The van der Waals surface area contributed by atoms with Crippen molar-refractivity contribution in [2.24, 2.45) is 0 Å². The summed E-state index contributed by atoms with van der Waals surface area (Å²) in [5, 5.41) is 29.6. The van der Waals surface area contributed by atoms with Gasteiger partial charge in [-0.1, -0.05) is 36.3 Å². The third-order valence-electron chi connectivity index (χ3n) is 3.31. The van der Waals surface area contributed by atoms with Gasteiger partial charge in [-0.3, -0.25) is 0 Å². The van der Waals surface area contributed by atoms with Crippen molar-refractivity contribution in [3.8, 4) is 17.6 Å². The molecule has 1 unspecified atom stereocenters. The first-order valence-corrected chi connectivity index (χ1v) is 6.73. The minimum Gasteiger partial charge on any atom is -0.573 e. The molecule has 0 aliphatic carbocycles. The van der Waals surface area contributed by atoms with Crippen LogP contribution >= 0.6 is 0 Å². The molecule has 0 bridgehead atoms. The van der Waals surface area contributed by atoms with E-state index in [0.717, 1.165) is 0 Å². The van der Waals surface area contributed by atoms with Crippen molar-refractivity contribution in [2.75, 3.05) is 7.11 Å². The average Bonchev–Trinajstić information content (AvgIpc) is 2.56. The zero-order valence-corrected chi connectivity index (χ0v) is 12.0. The van der Waals surface area contributed by atoms with E-state index in [9.17, 15) is 10.0 Å². The topological polar surface area (TPSA) is 77.8 Å². The van der Waals surface area contributed by atoms with Crippen molar-refractivity contribution in [1.29, 1.82) is 5.39 Å². The van der Waals surface area contributed by atoms with Gasteiger partial charge in [0.05, 0.1) is 12.1 Å². The summed E-state index contributed by atoms with van der Waals surface area (Å²) in [6, 6.07) is 15.1. The van der Waals surface area contributed by atoms with Crippen molar-refractivity contribution < 1.29 is 14.8 Å². The Hall–Kier alpha value is -2.80. The number of diazo groups is 1. The highest BCUT2D eigenvalue weighted by atomic mass is 16.5. The highest BCUT2D eigenvalue weighted by molar-refractivity contribution is 6.81. The van der Waals surface area contributed by atoms with E-state index >= 15 is 0 Å². The van der Waals surface area contributed by atoms with Gasteiger partial charge in [0.2, 0.25) is 5.39 Å².